The van der Waals surface area contributed by atoms with E-state index >= 15 is 0 Å². The van der Waals surface area contributed by atoms with Gasteiger partial charge in [0, 0.05) is 18.7 Å². The van der Waals surface area contributed by atoms with E-state index in [1.54, 1.807) is 17.1 Å². The number of aromatic nitrogens is 3. The first kappa shape index (κ1) is 13.2. The molecule has 19 heavy (non-hydrogen) atoms. The van der Waals surface area contributed by atoms with Crippen LogP contribution in [0.3, 0.4) is 0 Å². The summed E-state index contributed by atoms with van der Waals surface area (Å²) in [7, 11) is 0. The Balaban J connectivity index is 2.09. The molecule has 0 saturated carbocycles. The van der Waals surface area contributed by atoms with E-state index in [2.05, 4.69) is 15.4 Å². The first-order valence-corrected chi connectivity index (χ1v) is 6.10. The van der Waals surface area contributed by atoms with Crippen LogP contribution in [0.25, 0.3) is 0 Å². The van der Waals surface area contributed by atoms with Crippen LogP contribution in [0.4, 0.5) is 0 Å². The zero-order chi connectivity index (χ0) is 13.5. The van der Waals surface area contributed by atoms with Gasteiger partial charge in [-0.15, -0.1) is 0 Å². The summed E-state index contributed by atoms with van der Waals surface area (Å²) in [6.07, 6.45) is 3.63. The lowest BCUT2D eigenvalue weighted by atomic mass is 10.1. The van der Waals surface area contributed by atoms with Crippen LogP contribution >= 0.6 is 0 Å². The van der Waals surface area contributed by atoms with Crippen molar-refractivity contribution >= 4 is 5.91 Å². The van der Waals surface area contributed by atoms with Gasteiger partial charge < -0.3 is 10.4 Å². The zero-order valence-electron chi connectivity index (χ0n) is 10.5. The molecule has 1 aromatic heterocycles. The van der Waals surface area contributed by atoms with Gasteiger partial charge in [0.2, 0.25) is 0 Å². The van der Waals surface area contributed by atoms with E-state index in [0.717, 1.165) is 5.56 Å². The molecule has 0 atom stereocenters. The number of hydrogen-bond acceptors (Lipinski definition) is 4. The summed E-state index contributed by atoms with van der Waals surface area (Å²) in [6.45, 7) is 1.04. The average molecular weight is 260 g/mol. The number of carbonyl (C=O) groups excluding carboxylic acids is 1. The second kappa shape index (κ2) is 6.65. The van der Waals surface area contributed by atoms with Gasteiger partial charge in [-0.2, -0.15) is 5.10 Å². The SMILES string of the molecule is O=C(NCCCO)c1ccccc1Cn1cncn1. The van der Waals surface area contributed by atoms with Crippen molar-refractivity contribution in [3.05, 3.63) is 48.0 Å². The molecule has 2 N–H and O–H groups in total. The molecule has 1 aromatic carbocycles. The molecule has 2 aromatic rings. The van der Waals surface area contributed by atoms with Crippen molar-refractivity contribution in [1.82, 2.24) is 20.1 Å². The lowest BCUT2D eigenvalue weighted by Gasteiger charge is -2.09. The molecule has 2 rings (SSSR count). The third-order valence-corrected chi connectivity index (χ3v) is 2.68. The number of rotatable bonds is 6. The average Bonchev–Trinajstić information content (AvgIpc) is 2.92. The second-order valence-electron chi connectivity index (χ2n) is 4.08. The number of nitrogens with zero attached hydrogens (tertiary/aromatic N) is 3. The van der Waals surface area contributed by atoms with Crippen LogP contribution in [0.2, 0.25) is 0 Å². The minimum Gasteiger partial charge on any atom is -0.396 e. The first-order chi connectivity index (χ1) is 9.31. The van der Waals surface area contributed by atoms with E-state index in [9.17, 15) is 4.79 Å². The van der Waals surface area contributed by atoms with Crippen LogP contribution in [0.5, 0.6) is 0 Å². The van der Waals surface area contributed by atoms with Crippen LogP contribution in [0.1, 0.15) is 22.3 Å². The molecule has 0 aliphatic heterocycles. The molecule has 0 fully saturated rings. The van der Waals surface area contributed by atoms with Gasteiger partial charge in [-0.3, -0.25) is 4.79 Å². The number of carbonyl (C=O) groups is 1. The van der Waals surface area contributed by atoms with E-state index in [4.69, 9.17) is 5.11 Å². The lowest BCUT2D eigenvalue weighted by Crippen LogP contribution is -2.26. The number of benzene rings is 1. The molecule has 0 bridgehead atoms. The third-order valence-electron chi connectivity index (χ3n) is 2.68. The number of hydrogen-bond donors (Lipinski definition) is 2. The van der Waals surface area contributed by atoms with E-state index < -0.39 is 0 Å². The Hall–Kier alpha value is -2.21. The first-order valence-electron chi connectivity index (χ1n) is 6.10. The van der Waals surface area contributed by atoms with Crippen LogP contribution in [0.15, 0.2) is 36.9 Å². The van der Waals surface area contributed by atoms with E-state index in [1.165, 1.54) is 6.33 Å². The van der Waals surface area contributed by atoms with Crippen molar-refractivity contribution in [3.63, 3.8) is 0 Å². The molecule has 0 unspecified atom stereocenters. The van der Waals surface area contributed by atoms with Crippen molar-refractivity contribution < 1.29 is 9.90 Å². The number of nitrogens with one attached hydrogen (secondary N) is 1. The quantitative estimate of drug-likeness (QED) is 0.738. The van der Waals surface area contributed by atoms with Crippen molar-refractivity contribution in [3.8, 4) is 0 Å². The van der Waals surface area contributed by atoms with Gasteiger partial charge in [0.15, 0.2) is 0 Å². The van der Waals surface area contributed by atoms with Crippen LogP contribution in [0, 0.1) is 0 Å². The Morgan fingerprint density at radius 1 is 1.37 bits per heavy atom. The monoisotopic (exact) mass is 260 g/mol. The number of aliphatic hydroxyl groups excluding tert-OH is 1. The molecule has 6 nitrogen and oxygen atoms in total. The fourth-order valence-corrected chi connectivity index (χ4v) is 1.74. The predicted octanol–water partition coefficient (Wildman–Crippen LogP) is 0.439. The molecule has 0 radical (unpaired) electrons. The number of amides is 1. The highest BCUT2D eigenvalue weighted by atomic mass is 16.3. The van der Waals surface area contributed by atoms with Crippen molar-refractivity contribution in [2.24, 2.45) is 0 Å². The highest BCUT2D eigenvalue weighted by molar-refractivity contribution is 5.95. The molecule has 0 saturated heterocycles. The summed E-state index contributed by atoms with van der Waals surface area (Å²) < 4.78 is 1.67. The largest absolute Gasteiger partial charge is 0.396 e. The molecule has 6 heteroatoms. The highest BCUT2D eigenvalue weighted by Gasteiger charge is 2.10. The normalized spacial score (nSPS) is 10.4. The van der Waals surface area contributed by atoms with Gasteiger partial charge >= 0.3 is 0 Å². The molecule has 1 amide bonds. The summed E-state index contributed by atoms with van der Waals surface area (Å²) in [5.41, 5.74) is 1.51. The van der Waals surface area contributed by atoms with Crippen molar-refractivity contribution in [1.29, 1.82) is 0 Å². The Bertz CT molecular complexity index is 525. The molecule has 0 aliphatic rings. The van der Waals surface area contributed by atoms with Crippen LogP contribution in [-0.2, 0) is 6.54 Å². The summed E-state index contributed by atoms with van der Waals surface area (Å²) in [6, 6.07) is 7.38. The molecular formula is C13H16N4O2. The van der Waals surface area contributed by atoms with Crippen LogP contribution in [-0.4, -0.2) is 38.9 Å². The maximum absolute atomic E-state index is 12.0. The van der Waals surface area contributed by atoms with Crippen molar-refractivity contribution in [2.75, 3.05) is 13.2 Å². The number of aliphatic hydroxyl groups is 1. The second-order valence-corrected chi connectivity index (χ2v) is 4.08. The van der Waals surface area contributed by atoms with Gasteiger partial charge in [0.25, 0.3) is 5.91 Å². The zero-order valence-corrected chi connectivity index (χ0v) is 10.5. The molecule has 0 spiro atoms. The van der Waals surface area contributed by atoms with Gasteiger partial charge in [-0.1, -0.05) is 18.2 Å². The summed E-state index contributed by atoms with van der Waals surface area (Å²) >= 11 is 0. The standard InChI is InChI=1S/C13H16N4O2/c18-7-3-6-15-13(19)12-5-2-1-4-11(12)8-17-10-14-9-16-17/h1-2,4-5,9-10,18H,3,6-8H2,(H,15,19). The Labute approximate surface area is 111 Å². The van der Waals surface area contributed by atoms with Gasteiger partial charge in [-0.25, -0.2) is 9.67 Å². The smallest absolute Gasteiger partial charge is 0.251 e. The van der Waals surface area contributed by atoms with Gasteiger partial charge in [0.05, 0.1) is 6.54 Å². The van der Waals surface area contributed by atoms with Crippen LogP contribution < -0.4 is 5.32 Å². The van der Waals surface area contributed by atoms with E-state index in [0.29, 0.717) is 25.1 Å². The molecular weight excluding hydrogens is 244 g/mol. The summed E-state index contributed by atoms with van der Waals surface area (Å²) in [4.78, 5) is 15.9. The van der Waals surface area contributed by atoms with Gasteiger partial charge in [-0.05, 0) is 18.1 Å². The molecule has 1 heterocycles. The highest BCUT2D eigenvalue weighted by Crippen LogP contribution is 2.10. The summed E-state index contributed by atoms with van der Waals surface area (Å²) in [5, 5.41) is 15.5. The van der Waals surface area contributed by atoms with Gasteiger partial charge in [0.1, 0.15) is 12.7 Å². The molecule has 100 valence electrons. The molecule has 0 aliphatic carbocycles. The Morgan fingerprint density at radius 3 is 2.95 bits per heavy atom. The predicted molar refractivity (Wildman–Crippen MR) is 69.6 cm³/mol. The minimum atomic E-state index is -0.135. The Morgan fingerprint density at radius 2 is 2.21 bits per heavy atom. The fourth-order valence-electron chi connectivity index (χ4n) is 1.74. The summed E-state index contributed by atoms with van der Waals surface area (Å²) in [5.74, 6) is -0.135. The van der Waals surface area contributed by atoms with E-state index in [-0.39, 0.29) is 12.5 Å². The fraction of sp³-hybridized carbons (Fsp3) is 0.308. The van der Waals surface area contributed by atoms with Crippen molar-refractivity contribution in [2.45, 2.75) is 13.0 Å². The Kier molecular flexibility index (Phi) is 4.63. The minimum absolute atomic E-state index is 0.0703. The van der Waals surface area contributed by atoms with E-state index in [1.807, 2.05) is 18.2 Å². The maximum atomic E-state index is 12.0. The maximum Gasteiger partial charge on any atom is 0.251 e. The third kappa shape index (κ3) is 3.62. The topological polar surface area (TPSA) is 80.0 Å². The lowest BCUT2D eigenvalue weighted by molar-refractivity contribution is 0.0950.